The minimum Gasteiger partial charge on any atom is -0.481 e. The van der Waals surface area contributed by atoms with E-state index < -0.39 is 11.4 Å². The number of hydrogen-bond donors (Lipinski definition) is 1. The summed E-state index contributed by atoms with van der Waals surface area (Å²) in [5.41, 5.74) is -0.348. The lowest BCUT2D eigenvalue weighted by molar-refractivity contribution is -0.145. The molecule has 0 radical (unpaired) electrons. The summed E-state index contributed by atoms with van der Waals surface area (Å²) in [4.78, 5) is 11.2. The predicted molar refractivity (Wildman–Crippen MR) is 52.5 cm³/mol. The molecule has 0 heterocycles. The van der Waals surface area contributed by atoms with Crippen molar-refractivity contribution >= 4 is 5.97 Å². The monoisotopic (exact) mass is 184 g/mol. The summed E-state index contributed by atoms with van der Waals surface area (Å²) in [5, 5.41) is 9.22. The second kappa shape index (κ2) is 3.00. The molecule has 0 aromatic rings. The Morgan fingerprint density at radius 3 is 2.31 bits per heavy atom. The van der Waals surface area contributed by atoms with Gasteiger partial charge in [-0.05, 0) is 30.6 Å². The van der Waals surface area contributed by atoms with Gasteiger partial charge < -0.3 is 5.11 Å². The maximum absolute atomic E-state index is 11.2. The number of rotatable bonds is 4. The molecule has 1 saturated carbocycles. The number of carboxylic acid groups (broad SMARTS) is 1. The summed E-state index contributed by atoms with van der Waals surface area (Å²) >= 11 is 0. The highest BCUT2D eigenvalue weighted by Gasteiger charge is 2.67. The molecule has 1 fully saturated rings. The van der Waals surface area contributed by atoms with Crippen molar-refractivity contribution in [3.8, 4) is 0 Å². The quantitative estimate of drug-likeness (QED) is 0.729. The van der Waals surface area contributed by atoms with Gasteiger partial charge in [0.05, 0.1) is 5.41 Å². The van der Waals surface area contributed by atoms with Gasteiger partial charge in [-0.25, -0.2) is 0 Å². The molecule has 2 nitrogen and oxygen atoms in total. The topological polar surface area (TPSA) is 37.3 Å². The molecule has 2 unspecified atom stereocenters. The molecule has 2 heteroatoms. The highest BCUT2D eigenvalue weighted by atomic mass is 16.4. The van der Waals surface area contributed by atoms with Crippen molar-refractivity contribution in [3.63, 3.8) is 0 Å². The van der Waals surface area contributed by atoms with E-state index in [0.717, 1.165) is 19.3 Å². The van der Waals surface area contributed by atoms with Crippen molar-refractivity contribution in [2.24, 2.45) is 16.7 Å². The van der Waals surface area contributed by atoms with E-state index in [4.69, 9.17) is 0 Å². The van der Waals surface area contributed by atoms with Crippen molar-refractivity contribution in [2.45, 2.75) is 47.0 Å². The molecular weight excluding hydrogens is 164 g/mol. The molecule has 0 aromatic heterocycles. The Bertz CT molecular complexity index is 222. The summed E-state index contributed by atoms with van der Waals surface area (Å²) < 4.78 is 0. The van der Waals surface area contributed by atoms with Crippen molar-refractivity contribution in [3.05, 3.63) is 0 Å². The van der Waals surface area contributed by atoms with E-state index in [1.807, 2.05) is 0 Å². The van der Waals surface area contributed by atoms with Gasteiger partial charge in [-0.15, -0.1) is 0 Å². The standard InChI is InChI=1S/C11H20O2/c1-5-10(4)7-11(10,9(12)13)6-8(2)3/h8H,5-7H2,1-4H3,(H,12,13). The van der Waals surface area contributed by atoms with E-state index in [9.17, 15) is 9.90 Å². The van der Waals surface area contributed by atoms with Gasteiger partial charge in [0.2, 0.25) is 0 Å². The predicted octanol–water partition coefficient (Wildman–Crippen LogP) is 2.92. The van der Waals surface area contributed by atoms with Crippen LogP contribution in [-0.2, 0) is 4.79 Å². The van der Waals surface area contributed by atoms with E-state index in [1.165, 1.54) is 0 Å². The van der Waals surface area contributed by atoms with Crippen LogP contribution in [0.25, 0.3) is 0 Å². The molecule has 0 saturated heterocycles. The van der Waals surface area contributed by atoms with Gasteiger partial charge in [-0.2, -0.15) is 0 Å². The minimum atomic E-state index is -0.592. The zero-order valence-electron chi connectivity index (χ0n) is 9.05. The Labute approximate surface area is 80.3 Å². The third-order valence-corrected chi connectivity index (χ3v) is 3.67. The minimum absolute atomic E-state index is 0.0586. The number of carboxylic acids is 1. The van der Waals surface area contributed by atoms with Gasteiger partial charge in [0.15, 0.2) is 0 Å². The fourth-order valence-corrected chi connectivity index (χ4v) is 2.52. The first kappa shape index (κ1) is 10.6. The number of hydrogen-bond acceptors (Lipinski definition) is 1. The first-order valence-corrected chi connectivity index (χ1v) is 5.11. The van der Waals surface area contributed by atoms with Crippen LogP contribution in [0.1, 0.15) is 47.0 Å². The molecular formula is C11H20O2. The fourth-order valence-electron chi connectivity index (χ4n) is 2.52. The Hall–Kier alpha value is -0.530. The SMILES string of the molecule is CCC1(C)CC1(CC(C)C)C(=O)O. The summed E-state index contributed by atoms with van der Waals surface area (Å²) in [6.45, 7) is 8.38. The van der Waals surface area contributed by atoms with Crippen molar-refractivity contribution < 1.29 is 9.90 Å². The Morgan fingerprint density at radius 1 is 1.54 bits per heavy atom. The van der Waals surface area contributed by atoms with Crippen LogP contribution in [0.5, 0.6) is 0 Å². The lowest BCUT2D eigenvalue weighted by atomic mass is 9.85. The molecule has 0 spiro atoms. The summed E-state index contributed by atoms with van der Waals surface area (Å²) in [6.07, 6.45) is 2.67. The zero-order chi connectivity index (χ0) is 10.3. The Balaban J connectivity index is 2.77. The summed E-state index contributed by atoms with van der Waals surface area (Å²) in [7, 11) is 0. The average molecular weight is 184 g/mol. The van der Waals surface area contributed by atoms with Crippen molar-refractivity contribution in [1.82, 2.24) is 0 Å². The van der Waals surface area contributed by atoms with Gasteiger partial charge in [0.1, 0.15) is 0 Å². The number of carbonyl (C=O) groups is 1. The molecule has 0 aromatic carbocycles. The highest BCUT2D eigenvalue weighted by Crippen LogP contribution is 2.68. The molecule has 0 amide bonds. The Morgan fingerprint density at radius 2 is 2.08 bits per heavy atom. The van der Waals surface area contributed by atoms with Crippen LogP contribution in [0.15, 0.2) is 0 Å². The van der Waals surface area contributed by atoms with Crippen LogP contribution in [0, 0.1) is 16.7 Å². The molecule has 2 atom stereocenters. The largest absolute Gasteiger partial charge is 0.481 e. The molecule has 1 aliphatic rings. The first-order chi connectivity index (χ1) is 5.88. The van der Waals surface area contributed by atoms with E-state index in [1.54, 1.807) is 0 Å². The third kappa shape index (κ3) is 1.47. The fraction of sp³-hybridized carbons (Fsp3) is 0.909. The van der Waals surface area contributed by atoms with E-state index in [-0.39, 0.29) is 5.41 Å². The lowest BCUT2D eigenvalue weighted by Crippen LogP contribution is -2.23. The van der Waals surface area contributed by atoms with E-state index in [0.29, 0.717) is 5.92 Å². The Kier molecular flexibility index (Phi) is 2.44. The molecule has 0 bridgehead atoms. The maximum atomic E-state index is 11.2. The van der Waals surface area contributed by atoms with Gasteiger partial charge >= 0.3 is 5.97 Å². The molecule has 1 rings (SSSR count). The molecule has 76 valence electrons. The summed E-state index contributed by atoms with van der Waals surface area (Å²) in [5.74, 6) is -0.116. The highest BCUT2D eigenvalue weighted by molar-refractivity contribution is 5.79. The number of aliphatic carboxylic acids is 1. The zero-order valence-corrected chi connectivity index (χ0v) is 9.05. The maximum Gasteiger partial charge on any atom is 0.310 e. The van der Waals surface area contributed by atoms with Gasteiger partial charge in [0.25, 0.3) is 0 Å². The van der Waals surface area contributed by atoms with Crippen molar-refractivity contribution in [1.29, 1.82) is 0 Å². The first-order valence-electron chi connectivity index (χ1n) is 5.11. The van der Waals surface area contributed by atoms with Crippen LogP contribution in [0.2, 0.25) is 0 Å². The van der Waals surface area contributed by atoms with Crippen LogP contribution in [-0.4, -0.2) is 11.1 Å². The van der Waals surface area contributed by atoms with Crippen LogP contribution < -0.4 is 0 Å². The second-order valence-corrected chi connectivity index (χ2v) is 5.08. The van der Waals surface area contributed by atoms with Gasteiger partial charge in [-0.1, -0.05) is 27.7 Å². The second-order valence-electron chi connectivity index (χ2n) is 5.08. The smallest absolute Gasteiger partial charge is 0.310 e. The average Bonchev–Trinajstić information content (AvgIpc) is 2.58. The van der Waals surface area contributed by atoms with Crippen molar-refractivity contribution in [2.75, 3.05) is 0 Å². The van der Waals surface area contributed by atoms with Gasteiger partial charge in [-0.3, -0.25) is 4.79 Å². The molecule has 13 heavy (non-hydrogen) atoms. The molecule has 1 N–H and O–H groups in total. The van der Waals surface area contributed by atoms with Crippen LogP contribution >= 0.6 is 0 Å². The molecule has 0 aliphatic heterocycles. The lowest BCUT2D eigenvalue weighted by Gasteiger charge is -2.19. The van der Waals surface area contributed by atoms with Gasteiger partial charge in [0, 0.05) is 0 Å². The third-order valence-electron chi connectivity index (χ3n) is 3.67. The van der Waals surface area contributed by atoms with Crippen LogP contribution in [0.4, 0.5) is 0 Å². The summed E-state index contributed by atoms with van der Waals surface area (Å²) in [6, 6.07) is 0. The van der Waals surface area contributed by atoms with Crippen LogP contribution in [0.3, 0.4) is 0 Å². The van der Waals surface area contributed by atoms with E-state index >= 15 is 0 Å². The normalized spacial score (nSPS) is 37.9. The van der Waals surface area contributed by atoms with E-state index in [2.05, 4.69) is 27.7 Å². The molecule has 1 aliphatic carbocycles.